The van der Waals surface area contributed by atoms with Crippen LogP contribution >= 0.6 is 0 Å². The number of rotatable bonds is 1. The minimum absolute atomic E-state index is 0.344. The topological polar surface area (TPSA) is 15.6 Å². The lowest BCUT2D eigenvalue weighted by atomic mass is 9.98. The molecule has 0 amide bonds. The minimum Gasteiger partial charge on any atom is -0.345 e. The molecule has 4 rings (SSSR count). The molecule has 0 spiro atoms. The van der Waals surface area contributed by atoms with Crippen LogP contribution in [0, 0.1) is 0 Å². The molecule has 2 aromatic rings. The average molecular weight is 248 g/mol. The Hall–Kier alpha value is -2.09. The Labute approximate surface area is 113 Å². The maximum absolute atomic E-state index is 4.75. The summed E-state index contributed by atoms with van der Waals surface area (Å²) >= 11 is 0. The van der Waals surface area contributed by atoms with Crippen LogP contribution in [0.25, 0.3) is 0 Å². The third kappa shape index (κ3) is 1.60. The fourth-order valence-electron chi connectivity index (χ4n) is 3.22. The Morgan fingerprint density at radius 3 is 2.63 bits per heavy atom. The molecule has 0 fully saturated rings. The molecule has 2 nitrogen and oxygen atoms in total. The molecular weight excluding hydrogens is 232 g/mol. The summed E-state index contributed by atoms with van der Waals surface area (Å²) in [7, 11) is 0. The van der Waals surface area contributed by atoms with E-state index in [1.807, 2.05) is 0 Å². The van der Waals surface area contributed by atoms with E-state index in [0.717, 1.165) is 19.5 Å². The summed E-state index contributed by atoms with van der Waals surface area (Å²) in [4.78, 5) is 7.21. The van der Waals surface area contributed by atoms with Crippen LogP contribution in [0.2, 0.25) is 0 Å². The standard InChI is InChI=1S/C17H16N2/c1-2-7-13(8-3-1)16-14-9-4-5-10-15(14)17-18-11-6-12-19(16)17/h1-5,7-10,16H,6,11-12H2. The maximum atomic E-state index is 4.75. The fraction of sp³-hybridized carbons (Fsp3) is 0.235. The number of hydrogen-bond acceptors (Lipinski definition) is 2. The molecule has 2 aliphatic rings. The van der Waals surface area contributed by atoms with Crippen LogP contribution in [0.3, 0.4) is 0 Å². The molecule has 0 aliphatic carbocycles. The summed E-state index contributed by atoms with van der Waals surface area (Å²) in [5.41, 5.74) is 4.08. The van der Waals surface area contributed by atoms with Gasteiger partial charge in [0, 0.05) is 18.7 Å². The van der Waals surface area contributed by atoms with Gasteiger partial charge in [0.05, 0.1) is 6.04 Å². The number of amidine groups is 1. The van der Waals surface area contributed by atoms with Crippen LogP contribution < -0.4 is 0 Å². The predicted octanol–water partition coefficient (Wildman–Crippen LogP) is 3.24. The third-order valence-corrected chi connectivity index (χ3v) is 4.01. The Morgan fingerprint density at radius 1 is 0.947 bits per heavy atom. The molecule has 0 radical (unpaired) electrons. The van der Waals surface area contributed by atoms with Crippen LogP contribution in [0.15, 0.2) is 59.6 Å². The summed E-state index contributed by atoms with van der Waals surface area (Å²) in [6.45, 7) is 2.06. The van der Waals surface area contributed by atoms with Gasteiger partial charge in [-0.25, -0.2) is 0 Å². The summed E-state index contributed by atoms with van der Waals surface area (Å²) in [6, 6.07) is 19.8. The lowest BCUT2D eigenvalue weighted by molar-refractivity contribution is 0.355. The molecule has 0 N–H and O–H groups in total. The molecule has 2 heterocycles. The number of fused-ring (bicyclic) bond motifs is 3. The Bertz CT molecular complexity index is 631. The van der Waals surface area contributed by atoms with Gasteiger partial charge in [0.15, 0.2) is 0 Å². The van der Waals surface area contributed by atoms with Crippen molar-refractivity contribution in [3.8, 4) is 0 Å². The van der Waals surface area contributed by atoms with E-state index in [-0.39, 0.29) is 0 Å². The van der Waals surface area contributed by atoms with E-state index >= 15 is 0 Å². The zero-order valence-corrected chi connectivity index (χ0v) is 10.8. The summed E-state index contributed by atoms with van der Waals surface area (Å²) in [5, 5.41) is 0. The van der Waals surface area contributed by atoms with Crippen LogP contribution in [0.5, 0.6) is 0 Å². The number of benzene rings is 2. The molecule has 19 heavy (non-hydrogen) atoms. The van der Waals surface area contributed by atoms with Gasteiger partial charge in [-0.15, -0.1) is 0 Å². The first-order valence-corrected chi connectivity index (χ1v) is 6.90. The maximum Gasteiger partial charge on any atom is 0.132 e. The quantitative estimate of drug-likeness (QED) is 0.756. The first-order chi connectivity index (χ1) is 9.45. The number of nitrogens with zero attached hydrogens (tertiary/aromatic N) is 2. The van der Waals surface area contributed by atoms with Crippen molar-refractivity contribution in [2.75, 3.05) is 13.1 Å². The SMILES string of the molecule is c1ccc(C2c3ccccc3C3=NCCCN32)cc1. The Kier molecular flexibility index (Phi) is 2.41. The summed E-state index contributed by atoms with van der Waals surface area (Å²) in [6.07, 6.45) is 1.15. The van der Waals surface area contributed by atoms with Gasteiger partial charge in [0.1, 0.15) is 5.84 Å². The third-order valence-electron chi connectivity index (χ3n) is 4.01. The largest absolute Gasteiger partial charge is 0.345 e. The second kappa shape index (κ2) is 4.23. The zero-order valence-electron chi connectivity index (χ0n) is 10.8. The Morgan fingerprint density at radius 2 is 1.74 bits per heavy atom. The van der Waals surface area contributed by atoms with Crippen molar-refractivity contribution < 1.29 is 0 Å². The van der Waals surface area contributed by atoms with Gasteiger partial charge in [-0.05, 0) is 17.5 Å². The molecule has 94 valence electrons. The van der Waals surface area contributed by atoms with Crippen molar-refractivity contribution in [2.45, 2.75) is 12.5 Å². The number of hydrogen-bond donors (Lipinski definition) is 0. The highest BCUT2D eigenvalue weighted by atomic mass is 15.2. The molecule has 2 aromatic carbocycles. The fourth-order valence-corrected chi connectivity index (χ4v) is 3.22. The van der Waals surface area contributed by atoms with Crippen LogP contribution in [0.1, 0.15) is 29.2 Å². The van der Waals surface area contributed by atoms with Crippen molar-refractivity contribution in [3.05, 3.63) is 71.3 Å². The normalized spacial score (nSPS) is 20.7. The van der Waals surface area contributed by atoms with Gasteiger partial charge in [-0.1, -0.05) is 54.6 Å². The smallest absolute Gasteiger partial charge is 0.132 e. The van der Waals surface area contributed by atoms with E-state index in [4.69, 9.17) is 4.99 Å². The number of aliphatic imine (C=N–C) groups is 1. The van der Waals surface area contributed by atoms with Gasteiger partial charge >= 0.3 is 0 Å². The summed E-state index contributed by atoms with van der Waals surface area (Å²) in [5.74, 6) is 1.19. The van der Waals surface area contributed by atoms with E-state index in [2.05, 4.69) is 59.5 Å². The minimum atomic E-state index is 0.344. The van der Waals surface area contributed by atoms with E-state index in [1.54, 1.807) is 0 Å². The van der Waals surface area contributed by atoms with Crippen molar-refractivity contribution in [3.63, 3.8) is 0 Å². The molecule has 1 atom stereocenters. The van der Waals surface area contributed by atoms with Gasteiger partial charge in [-0.2, -0.15) is 0 Å². The van der Waals surface area contributed by atoms with Gasteiger partial charge in [0.2, 0.25) is 0 Å². The van der Waals surface area contributed by atoms with Crippen LogP contribution in [0.4, 0.5) is 0 Å². The molecule has 0 saturated carbocycles. The summed E-state index contributed by atoms with van der Waals surface area (Å²) < 4.78 is 0. The highest BCUT2D eigenvalue weighted by Gasteiger charge is 2.36. The second-order valence-electron chi connectivity index (χ2n) is 5.15. The first kappa shape index (κ1) is 10.8. The molecule has 0 bridgehead atoms. The highest BCUT2D eigenvalue weighted by Crippen LogP contribution is 2.39. The van der Waals surface area contributed by atoms with Crippen molar-refractivity contribution >= 4 is 5.84 Å². The van der Waals surface area contributed by atoms with Gasteiger partial charge in [-0.3, -0.25) is 4.99 Å². The monoisotopic (exact) mass is 248 g/mol. The highest BCUT2D eigenvalue weighted by molar-refractivity contribution is 6.04. The average Bonchev–Trinajstić information content (AvgIpc) is 2.83. The van der Waals surface area contributed by atoms with Crippen LogP contribution in [-0.4, -0.2) is 23.8 Å². The molecule has 1 unspecified atom stereocenters. The molecule has 0 aromatic heterocycles. The first-order valence-electron chi connectivity index (χ1n) is 6.90. The second-order valence-corrected chi connectivity index (χ2v) is 5.15. The van der Waals surface area contributed by atoms with Crippen molar-refractivity contribution in [1.29, 1.82) is 0 Å². The molecule has 2 aliphatic heterocycles. The Balaban J connectivity index is 1.91. The van der Waals surface area contributed by atoms with E-state index < -0.39 is 0 Å². The van der Waals surface area contributed by atoms with Gasteiger partial charge in [0.25, 0.3) is 0 Å². The molecule has 0 saturated heterocycles. The molecular formula is C17H16N2. The van der Waals surface area contributed by atoms with E-state index in [1.165, 1.54) is 22.5 Å². The predicted molar refractivity (Wildman–Crippen MR) is 77.5 cm³/mol. The van der Waals surface area contributed by atoms with E-state index in [9.17, 15) is 0 Å². The van der Waals surface area contributed by atoms with Gasteiger partial charge < -0.3 is 4.90 Å². The van der Waals surface area contributed by atoms with E-state index in [0.29, 0.717) is 6.04 Å². The molecule has 2 heteroatoms. The zero-order chi connectivity index (χ0) is 12.7. The van der Waals surface area contributed by atoms with Crippen molar-refractivity contribution in [2.24, 2.45) is 4.99 Å². The lowest BCUT2D eigenvalue weighted by Crippen LogP contribution is -2.33. The lowest BCUT2D eigenvalue weighted by Gasteiger charge is -2.30. The van der Waals surface area contributed by atoms with Crippen molar-refractivity contribution in [1.82, 2.24) is 4.90 Å². The van der Waals surface area contributed by atoms with Crippen LogP contribution in [-0.2, 0) is 0 Å².